The van der Waals surface area contributed by atoms with Crippen molar-refractivity contribution in [3.05, 3.63) is 54.1 Å². The third-order valence-corrected chi connectivity index (χ3v) is 4.78. The van der Waals surface area contributed by atoms with Gasteiger partial charge < -0.3 is 4.98 Å². The van der Waals surface area contributed by atoms with Crippen LogP contribution in [-0.2, 0) is 9.84 Å². The highest BCUT2D eigenvalue weighted by atomic mass is 32.2. The fourth-order valence-electron chi connectivity index (χ4n) is 2.02. The maximum Gasteiger partial charge on any atom is 0.208 e. The van der Waals surface area contributed by atoms with Crippen molar-refractivity contribution in [3.8, 4) is 0 Å². The lowest BCUT2D eigenvalue weighted by molar-refractivity contribution is 0.112. The normalized spacial score (nSPS) is 11.7. The second-order valence-electron chi connectivity index (χ2n) is 4.39. The number of carbonyl (C=O) groups is 1. The molecule has 3 aromatic rings. The van der Waals surface area contributed by atoms with E-state index in [-0.39, 0.29) is 9.79 Å². The van der Waals surface area contributed by atoms with Crippen LogP contribution in [0.5, 0.6) is 0 Å². The Labute approximate surface area is 119 Å². The van der Waals surface area contributed by atoms with Gasteiger partial charge in [0.15, 0.2) is 6.29 Å². The van der Waals surface area contributed by atoms with Crippen molar-refractivity contribution in [2.75, 3.05) is 0 Å². The topological polar surface area (TPSA) is 79.9 Å². The van der Waals surface area contributed by atoms with Crippen molar-refractivity contribution < 1.29 is 17.6 Å². The molecule has 0 radical (unpaired) electrons. The predicted molar refractivity (Wildman–Crippen MR) is 73.3 cm³/mol. The number of H-pyrrole nitrogens is 1. The van der Waals surface area contributed by atoms with E-state index in [4.69, 9.17) is 0 Å². The molecule has 0 aliphatic carbocycles. The lowest BCUT2D eigenvalue weighted by Crippen LogP contribution is -2.03. The lowest BCUT2D eigenvalue weighted by atomic mass is 10.3. The number of benzene rings is 1. The molecule has 3 rings (SSSR count). The quantitative estimate of drug-likeness (QED) is 0.753. The van der Waals surface area contributed by atoms with Gasteiger partial charge in [-0.1, -0.05) is 6.07 Å². The van der Waals surface area contributed by atoms with Crippen LogP contribution in [0.1, 0.15) is 10.4 Å². The van der Waals surface area contributed by atoms with Gasteiger partial charge in [0.1, 0.15) is 5.82 Å². The average molecular weight is 304 g/mol. The smallest absolute Gasteiger partial charge is 0.208 e. The second-order valence-corrected chi connectivity index (χ2v) is 6.34. The third-order valence-electron chi connectivity index (χ3n) is 3.06. The number of nitrogens with one attached hydrogen (secondary N) is 1. The van der Waals surface area contributed by atoms with E-state index >= 15 is 0 Å². The minimum absolute atomic E-state index is 0.0695. The van der Waals surface area contributed by atoms with Gasteiger partial charge in [0.2, 0.25) is 9.84 Å². The lowest BCUT2D eigenvalue weighted by Gasteiger charge is -2.04. The number of nitrogens with zero attached hydrogens (tertiary/aromatic N) is 1. The summed E-state index contributed by atoms with van der Waals surface area (Å²) in [6.45, 7) is 0. The van der Waals surface area contributed by atoms with E-state index in [0.29, 0.717) is 22.9 Å². The van der Waals surface area contributed by atoms with Gasteiger partial charge in [-0.25, -0.2) is 12.8 Å². The molecule has 0 bridgehead atoms. The zero-order valence-corrected chi connectivity index (χ0v) is 11.4. The first kappa shape index (κ1) is 13.4. The summed E-state index contributed by atoms with van der Waals surface area (Å²) in [6, 6.07) is 6.13. The van der Waals surface area contributed by atoms with Crippen LogP contribution in [0.4, 0.5) is 4.39 Å². The summed E-state index contributed by atoms with van der Waals surface area (Å²) in [5, 5.41) is 0. The molecule has 21 heavy (non-hydrogen) atoms. The number of aldehydes is 1. The summed E-state index contributed by atoms with van der Waals surface area (Å²) in [5.74, 6) is -0.631. The molecule has 2 aromatic heterocycles. The standard InChI is InChI=1S/C14H9FN2O3S/c15-10-2-1-3-11(4-10)21(19,20)12-5-13-14(17-7-12)9(8-18)6-16-13/h1-8,16H. The number of aromatic nitrogens is 2. The Morgan fingerprint density at radius 1 is 1.19 bits per heavy atom. The van der Waals surface area contributed by atoms with Crippen LogP contribution in [-0.4, -0.2) is 24.7 Å². The van der Waals surface area contributed by atoms with Crippen molar-refractivity contribution in [3.63, 3.8) is 0 Å². The van der Waals surface area contributed by atoms with Crippen molar-refractivity contribution in [2.45, 2.75) is 9.79 Å². The number of carbonyl (C=O) groups excluding carboxylic acids is 1. The molecular formula is C14H9FN2O3S. The molecule has 0 aliphatic rings. The van der Waals surface area contributed by atoms with E-state index in [1.165, 1.54) is 30.5 Å². The van der Waals surface area contributed by atoms with Gasteiger partial charge in [-0.3, -0.25) is 9.78 Å². The molecule has 1 N–H and O–H groups in total. The summed E-state index contributed by atoms with van der Waals surface area (Å²) < 4.78 is 38.0. The molecule has 1 aromatic carbocycles. The van der Waals surface area contributed by atoms with Crippen LogP contribution in [0, 0.1) is 5.82 Å². The maximum atomic E-state index is 13.2. The Hall–Kier alpha value is -2.54. The predicted octanol–water partition coefficient (Wildman–Crippen LogP) is 2.35. The summed E-state index contributed by atoms with van der Waals surface area (Å²) >= 11 is 0. The summed E-state index contributed by atoms with van der Waals surface area (Å²) in [5.41, 5.74) is 1.16. The second kappa shape index (κ2) is 4.78. The Morgan fingerprint density at radius 2 is 2.00 bits per heavy atom. The molecule has 0 spiro atoms. The number of rotatable bonds is 3. The van der Waals surface area contributed by atoms with E-state index < -0.39 is 15.7 Å². The van der Waals surface area contributed by atoms with Crippen LogP contribution < -0.4 is 0 Å². The third kappa shape index (κ3) is 2.21. The highest BCUT2D eigenvalue weighted by Crippen LogP contribution is 2.24. The molecule has 0 saturated heterocycles. The minimum Gasteiger partial charge on any atom is -0.359 e. The Bertz CT molecular complexity index is 948. The number of fused-ring (bicyclic) bond motifs is 1. The van der Waals surface area contributed by atoms with Gasteiger partial charge in [0.05, 0.1) is 26.4 Å². The Kier molecular flexibility index (Phi) is 3.06. The fourth-order valence-corrected chi connectivity index (χ4v) is 3.28. The van der Waals surface area contributed by atoms with E-state index in [0.717, 1.165) is 12.3 Å². The average Bonchev–Trinajstić information content (AvgIpc) is 2.89. The maximum absolute atomic E-state index is 13.2. The van der Waals surface area contributed by atoms with Crippen LogP contribution in [0.3, 0.4) is 0 Å². The summed E-state index contributed by atoms with van der Waals surface area (Å²) in [7, 11) is -3.86. The minimum atomic E-state index is -3.86. The van der Waals surface area contributed by atoms with Crippen LogP contribution in [0.2, 0.25) is 0 Å². The van der Waals surface area contributed by atoms with E-state index in [2.05, 4.69) is 9.97 Å². The number of hydrogen-bond donors (Lipinski definition) is 1. The van der Waals surface area contributed by atoms with Gasteiger partial charge in [0.25, 0.3) is 0 Å². The molecule has 7 heteroatoms. The van der Waals surface area contributed by atoms with E-state index in [1.807, 2.05) is 0 Å². The molecule has 2 heterocycles. The fraction of sp³-hybridized carbons (Fsp3) is 0. The van der Waals surface area contributed by atoms with Gasteiger partial charge >= 0.3 is 0 Å². The number of pyridine rings is 1. The molecule has 106 valence electrons. The largest absolute Gasteiger partial charge is 0.359 e. The number of hydrogen-bond acceptors (Lipinski definition) is 4. The highest BCUT2D eigenvalue weighted by molar-refractivity contribution is 7.91. The van der Waals surface area contributed by atoms with Crippen molar-refractivity contribution in [1.82, 2.24) is 9.97 Å². The first-order valence-electron chi connectivity index (χ1n) is 5.95. The Balaban J connectivity index is 2.17. The monoisotopic (exact) mass is 304 g/mol. The SMILES string of the molecule is O=Cc1c[nH]c2cc(S(=O)(=O)c3cccc(F)c3)cnc12. The molecule has 0 unspecified atom stereocenters. The van der Waals surface area contributed by atoms with E-state index in [1.54, 1.807) is 0 Å². The van der Waals surface area contributed by atoms with Gasteiger partial charge in [-0.05, 0) is 24.3 Å². The first-order chi connectivity index (χ1) is 10.0. The van der Waals surface area contributed by atoms with Crippen LogP contribution in [0.15, 0.2) is 52.5 Å². The highest BCUT2D eigenvalue weighted by Gasteiger charge is 2.20. The summed E-state index contributed by atoms with van der Waals surface area (Å²) in [4.78, 5) is 17.4. The van der Waals surface area contributed by atoms with Gasteiger partial charge in [-0.2, -0.15) is 0 Å². The van der Waals surface area contributed by atoms with Gasteiger partial charge in [-0.15, -0.1) is 0 Å². The van der Waals surface area contributed by atoms with Crippen LogP contribution in [0.25, 0.3) is 11.0 Å². The van der Waals surface area contributed by atoms with E-state index in [9.17, 15) is 17.6 Å². The molecule has 5 nitrogen and oxygen atoms in total. The van der Waals surface area contributed by atoms with Crippen molar-refractivity contribution >= 4 is 27.2 Å². The number of halogens is 1. The van der Waals surface area contributed by atoms with Gasteiger partial charge in [0, 0.05) is 12.4 Å². The first-order valence-corrected chi connectivity index (χ1v) is 7.43. The molecular weight excluding hydrogens is 295 g/mol. The van der Waals surface area contributed by atoms with Crippen molar-refractivity contribution in [2.24, 2.45) is 0 Å². The van der Waals surface area contributed by atoms with Crippen LogP contribution >= 0.6 is 0 Å². The zero-order chi connectivity index (χ0) is 15.0. The molecule has 0 atom stereocenters. The molecule has 0 saturated carbocycles. The molecule has 0 aliphatic heterocycles. The zero-order valence-electron chi connectivity index (χ0n) is 10.6. The molecule has 0 fully saturated rings. The summed E-state index contributed by atoms with van der Waals surface area (Å²) in [6.07, 6.45) is 3.24. The number of sulfone groups is 1. The Morgan fingerprint density at radius 3 is 2.71 bits per heavy atom. The number of aromatic amines is 1. The van der Waals surface area contributed by atoms with Crippen molar-refractivity contribution in [1.29, 1.82) is 0 Å². The molecule has 0 amide bonds.